The van der Waals surface area contributed by atoms with E-state index in [2.05, 4.69) is 10.3 Å². The molecule has 0 atom stereocenters. The molecule has 0 aliphatic rings. The highest BCUT2D eigenvalue weighted by Crippen LogP contribution is 2.23. The average Bonchev–Trinajstić information content (AvgIpc) is 3.04. The lowest BCUT2D eigenvalue weighted by Crippen LogP contribution is -2.27. The number of methoxy groups -OCH3 is 1. The van der Waals surface area contributed by atoms with Gasteiger partial charge < -0.3 is 19.4 Å². The number of hydrogen-bond acceptors (Lipinski definition) is 7. The van der Waals surface area contributed by atoms with Crippen LogP contribution in [0.1, 0.15) is 22.3 Å². The minimum Gasteiger partial charge on any atom is -0.497 e. The van der Waals surface area contributed by atoms with Crippen LogP contribution in [0.2, 0.25) is 0 Å². The molecule has 8 nitrogen and oxygen atoms in total. The first-order valence-electron chi connectivity index (χ1n) is 8.54. The zero-order chi connectivity index (χ0) is 20.3. The number of carbonyl (C=O) groups excluding carboxylic acids is 2. The highest BCUT2D eigenvalue weighted by atomic mass is 32.1. The second kappa shape index (κ2) is 8.22. The molecule has 0 saturated carbocycles. The number of anilines is 1. The van der Waals surface area contributed by atoms with Crippen LogP contribution in [-0.2, 0) is 16.1 Å². The third-order valence-electron chi connectivity index (χ3n) is 4.00. The Balaban J connectivity index is 1.76. The van der Waals surface area contributed by atoms with Gasteiger partial charge in [-0.25, -0.2) is 9.78 Å². The zero-order valence-corrected chi connectivity index (χ0v) is 16.5. The van der Waals surface area contributed by atoms with Crippen molar-refractivity contribution in [1.29, 1.82) is 0 Å². The van der Waals surface area contributed by atoms with Gasteiger partial charge in [-0.1, -0.05) is 11.3 Å². The van der Waals surface area contributed by atoms with Gasteiger partial charge in [0.25, 0.3) is 5.56 Å². The first-order valence-corrected chi connectivity index (χ1v) is 9.36. The van der Waals surface area contributed by atoms with E-state index in [-0.39, 0.29) is 23.8 Å². The van der Waals surface area contributed by atoms with E-state index in [1.165, 1.54) is 4.57 Å². The molecule has 0 spiro atoms. The van der Waals surface area contributed by atoms with Gasteiger partial charge >= 0.3 is 5.97 Å². The quantitative estimate of drug-likeness (QED) is 0.638. The van der Waals surface area contributed by atoms with E-state index in [4.69, 9.17) is 9.47 Å². The van der Waals surface area contributed by atoms with Gasteiger partial charge in [0, 0.05) is 11.6 Å². The molecule has 0 aliphatic heterocycles. The second-order valence-corrected chi connectivity index (χ2v) is 6.90. The van der Waals surface area contributed by atoms with Crippen molar-refractivity contribution in [3.05, 3.63) is 51.4 Å². The van der Waals surface area contributed by atoms with Gasteiger partial charge in [0.2, 0.25) is 5.91 Å². The molecule has 2 heterocycles. The largest absolute Gasteiger partial charge is 0.497 e. The number of rotatable bonds is 6. The molecule has 0 aliphatic carbocycles. The Morgan fingerprint density at radius 3 is 2.79 bits per heavy atom. The van der Waals surface area contributed by atoms with Gasteiger partial charge in [-0.2, -0.15) is 0 Å². The minimum absolute atomic E-state index is 0.172. The molecule has 0 bridgehead atoms. The molecule has 0 saturated heterocycles. The minimum atomic E-state index is -0.473. The molecule has 146 valence electrons. The Morgan fingerprint density at radius 1 is 1.29 bits per heavy atom. The monoisotopic (exact) mass is 401 g/mol. The standard InChI is InChI=1S/C19H19N3O5S/c1-4-27-18(25)16-11(2)20-19(28-16)21-15(23)10-22-8-7-12-9-13(26-3)5-6-14(12)17(22)24/h5-9H,4,10H2,1-3H3,(H,20,21,23). The molecule has 2 aromatic heterocycles. The molecular formula is C19H19N3O5S. The summed E-state index contributed by atoms with van der Waals surface area (Å²) in [5, 5.41) is 4.13. The Hall–Kier alpha value is -3.20. The predicted octanol–water partition coefficient (Wildman–Crippen LogP) is 2.59. The summed E-state index contributed by atoms with van der Waals surface area (Å²) in [7, 11) is 1.56. The van der Waals surface area contributed by atoms with E-state index >= 15 is 0 Å². The molecule has 3 rings (SSSR count). The van der Waals surface area contributed by atoms with E-state index in [1.54, 1.807) is 51.4 Å². The second-order valence-electron chi connectivity index (χ2n) is 5.90. The normalized spacial score (nSPS) is 10.7. The lowest BCUT2D eigenvalue weighted by molar-refractivity contribution is -0.116. The Morgan fingerprint density at radius 2 is 2.07 bits per heavy atom. The molecule has 9 heteroatoms. The van der Waals surface area contributed by atoms with Crippen LogP contribution in [-0.4, -0.2) is 35.1 Å². The highest BCUT2D eigenvalue weighted by molar-refractivity contribution is 7.17. The number of pyridine rings is 1. The van der Waals surface area contributed by atoms with E-state index in [0.29, 0.717) is 21.7 Å². The number of esters is 1. The molecule has 3 aromatic rings. The van der Waals surface area contributed by atoms with E-state index in [9.17, 15) is 14.4 Å². The zero-order valence-electron chi connectivity index (χ0n) is 15.6. The highest BCUT2D eigenvalue weighted by Gasteiger charge is 2.18. The number of fused-ring (bicyclic) bond motifs is 1. The fraction of sp³-hybridized carbons (Fsp3) is 0.263. The van der Waals surface area contributed by atoms with Crippen molar-refractivity contribution in [3.8, 4) is 5.75 Å². The Bertz CT molecular complexity index is 1100. The van der Waals surface area contributed by atoms with Crippen LogP contribution in [0.3, 0.4) is 0 Å². The number of aromatic nitrogens is 2. The lowest BCUT2D eigenvalue weighted by Gasteiger charge is -2.08. The number of nitrogens with zero attached hydrogens (tertiary/aromatic N) is 2. The van der Waals surface area contributed by atoms with Crippen molar-refractivity contribution in [1.82, 2.24) is 9.55 Å². The summed E-state index contributed by atoms with van der Waals surface area (Å²) in [4.78, 5) is 41.3. The van der Waals surface area contributed by atoms with E-state index < -0.39 is 11.9 Å². The van der Waals surface area contributed by atoms with Crippen molar-refractivity contribution >= 4 is 39.1 Å². The summed E-state index contributed by atoms with van der Waals surface area (Å²) in [6.45, 7) is 3.47. The molecule has 1 aromatic carbocycles. The maximum Gasteiger partial charge on any atom is 0.350 e. The number of ether oxygens (including phenoxy) is 2. The van der Waals surface area contributed by atoms with Crippen LogP contribution in [0.5, 0.6) is 5.75 Å². The summed E-state index contributed by atoms with van der Waals surface area (Å²) >= 11 is 1.04. The molecule has 1 amide bonds. The third-order valence-corrected chi connectivity index (χ3v) is 5.05. The maximum atomic E-state index is 12.6. The number of nitrogens with one attached hydrogen (secondary N) is 1. The Kier molecular flexibility index (Phi) is 5.74. The first-order chi connectivity index (χ1) is 13.4. The summed E-state index contributed by atoms with van der Waals surface area (Å²) in [5.74, 6) is -0.239. The SMILES string of the molecule is CCOC(=O)c1sc(NC(=O)Cn2ccc3cc(OC)ccc3c2=O)nc1C. The van der Waals surface area contributed by atoms with Gasteiger partial charge in [-0.15, -0.1) is 0 Å². The average molecular weight is 401 g/mol. The number of hydrogen-bond donors (Lipinski definition) is 1. The van der Waals surface area contributed by atoms with Crippen molar-refractivity contribution in [2.24, 2.45) is 0 Å². The van der Waals surface area contributed by atoms with E-state index in [0.717, 1.165) is 16.7 Å². The summed E-state index contributed by atoms with van der Waals surface area (Å²) < 4.78 is 11.4. The van der Waals surface area contributed by atoms with Gasteiger partial charge in [0.15, 0.2) is 5.13 Å². The van der Waals surface area contributed by atoms with Gasteiger partial charge in [-0.3, -0.25) is 9.59 Å². The first kappa shape index (κ1) is 19.6. The smallest absolute Gasteiger partial charge is 0.350 e. The summed E-state index contributed by atoms with van der Waals surface area (Å²) in [6.07, 6.45) is 1.56. The van der Waals surface area contributed by atoms with Crippen molar-refractivity contribution in [2.75, 3.05) is 19.0 Å². The number of carbonyl (C=O) groups is 2. The van der Waals surface area contributed by atoms with Crippen LogP contribution in [0.25, 0.3) is 10.8 Å². The lowest BCUT2D eigenvalue weighted by atomic mass is 10.1. The van der Waals surface area contributed by atoms with Crippen molar-refractivity contribution in [2.45, 2.75) is 20.4 Å². The molecule has 0 fully saturated rings. The van der Waals surface area contributed by atoms with Crippen LogP contribution in [0.4, 0.5) is 5.13 Å². The van der Waals surface area contributed by atoms with Crippen molar-refractivity contribution in [3.63, 3.8) is 0 Å². The molecule has 28 heavy (non-hydrogen) atoms. The number of aryl methyl sites for hydroxylation is 1. The van der Waals surface area contributed by atoms with Crippen LogP contribution >= 0.6 is 11.3 Å². The number of amides is 1. The molecular weight excluding hydrogens is 382 g/mol. The fourth-order valence-corrected chi connectivity index (χ4v) is 3.54. The van der Waals surface area contributed by atoms with Gasteiger partial charge in [-0.05, 0) is 43.5 Å². The third kappa shape index (κ3) is 4.04. The molecule has 0 unspecified atom stereocenters. The maximum absolute atomic E-state index is 12.6. The van der Waals surface area contributed by atoms with Crippen LogP contribution in [0, 0.1) is 6.92 Å². The number of benzene rings is 1. The molecule has 0 radical (unpaired) electrons. The van der Waals surface area contributed by atoms with Crippen LogP contribution in [0.15, 0.2) is 35.3 Å². The predicted molar refractivity (Wildman–Crippen MR) is 106 cm³/mol. The van der Waals surface area contributed by atoms with Gasteiger partial charge in [0.05, 0.1) is 19.4 Å². The Labute approximate surface area is 164 Å². The summed E-state index contributed by atoms with van der Waals surface area (Å²) in [6, 6.07) is 6.87. The van der Waals surface area contributed by atoms with Crippen molar-refractivity contribution < 1.29 is 19.1 Å². The van der Waals surface area contributed by atoms with Gasteiger partial charge in [0.1, 0.15) is 17.2 Å². The van der Waals surface area contributed by atoms with E-state index in [1.807, 2.05) is 0 Å². The fourth-order valence-electron chi connectivity index (χ4n) is 2.67. The van der Waals surface area contributed by atoms with Crippen LogP contribution < -0.4 is 15.6 Å². The topological polar surface area (TPSA) is 99.5 Å². The molecule has 1 N–H and O–H groups in total. The number of thiazole rings is 1. The summed E-state index contributed by atoms with van der Waals surface area (Å²) in [5.41, 5.74) is 0.202.